The van der Waals surface area contributed by atoms with Crippen LogP contribution in [0.3, 0.4) is 0 Å². The summed E-state index contributed by atoms with van der Waals surface area (Å²) in [4.78, 5) is 17.4. The molecule has 4 nitrogen and oxygen atoms in total. The zero-order chi connectivity index (χ0) is 19.6. The normalized spacial score (nSPS) is 12.1. The molecule has 0 aliphatic carbocycles. The number of benzene rings is 2. The molecule has 0 N–H and O–H groups in total. The van der Waals surface area contributed by atoms with Crippen molar-refractivity contribution in [2.45, 2.75) is 13.5 Å². The molecule has 0 spiro atoms. The number of ether oxygens (including phenoxy) is 1. The summed E-state index contributed by atoms with van der Waals surface area (Å²) in [7, 11) is 0. The molecular formula is C18H14Cl4N2O2S. The first-order valence-electron chi connectivity index (χ1n) is 8.01. The van der Waals surface area contributed by atoms with Crippen LogP contribution in [0, 0.1) is 0 Å². The Morgan fingerprint density at radius 3 is 2.56 bits per heavy atom. The summed E-state index contributed by atoms with van der Waals surface area (Å²) in [5.74, 6) is -0.462. The minimum atomic E-state index is -0.462. The van der Waals surface area contributed by atoms with E-state index >= 15 is 0 Å². The van der Waals surface area contributed by atoms with E-state index in [9.17, 15) is 4.79 Å². The number of hydrogen-bond donors (Lipinski definition) is 0. The number of carbonyl (C=O) groups is 1. The Morgan fingerprint density at radius 2 is 1.85 bits per heavy atom. The van der Waals surface area contributed by atoms with Crippen LogP contribution >= 0.6 is 57.7 Å². The van der Waals surface area contributed by atoms with Gasteiger partial charge in [-0.2, -0.15) is 4.99 Å². The molecule has 142 valence electrons. The fraction of sp³-hybridized carbons (Fsp3) is 0.222. The number of amides is 1. The van der Waals surface area contributed by atoms with E-state index in [1.165, 1.54) is 17.4 Å². The van der Waals surface area contributed by atoms with E-state index in [-0.39, 0.29) is 10.6 Å². The molecule has 1 amide bonds. The lowest BCUT2D eigenvalue weighted by atomic mass is 10.2. The largest absolute Gasteiger partial charge is 0.380 e. The monoisotopic (exact) mass is 462 g/mol. The van der Waals surface area contributed by atoms with Gasteiger partial charge in [-0.25, -0.2) is 0 Å². The van der Waals surface area contributed by atoms with Gasteiger partial charge < -0.3 is 9.30 Å². The van der Waals surface area contributed by atoms with Gasteiger partial charge in [-0.3, -0.25) is 4.79 Å². The summed E-state index contributed by atoms with van der Waals surface area (Å²) in [6.07, 6.45) is 0. The predicted octanol–water partition coefficient (Wildman–Crippen LogP) is 6.09. The molecule has 3 rings (SSSR count). The molecule has 0 bridgehead atoms. The quantitative estimate of drug-likeness (QED) is 0.429. The maximum absolute atomic E-state index is 12.7. The molecule has 0 radical (unpaired) electrons. The molecule has 0 saturated heterocycles. The first-order valence-corrected chi connectivity index (χ1v) is 10.3. The zero-order valence-electron chi connectivity index (χ0n) is 14.1. The summed E-state index contributed by atoms with van der Waals surface area (Å²) in [5.41, 5.74) is 1.04. The minimum Gasteiger partial charge on any atom is -0.380 e. The average Bonchev–Trinajstić information content (AvgIpc) is 2.92. The molecule has 0 fully saturated rings. The van der Waals surface area contributed by atoms with Crippen LogP contribution in [0.25, 0.3) is 10.2 Å². The third-order valence-electron chi connectivity index (χ3n) is 3.72. The highest BCUT2D eigenvalue weighted by Crippen LogP contribution is 2.30. The Hall–Kier alpha value is -1.08. The Kier molecular flexibility index (Phi) is 6.84. The van der Waals surface area contributed by atoms with Gasteiger partial charge in [-0.15, -0.1) is 0 Å². The van der Waals surface area contributed by atoms with Crippen LogP contribution in [0.5, 0.6) is 0 Å². The Morgan fingerprint density at radius 1 is 1.11 bits per heavy atom. The zero-order valence-corrected chi connectivity index (χ0v) is 18.0. The Bertz CT molecular complexity index is 1080. The second-order valence-electron chi connectivity index (χ2n) is 5.51. The Labute approximate surface area is 179 Å². The average molecular weight is 464 g/mol. The highest BCUT2D eigenvalue weighted by Gasteiger charge is 2.14. The van der Waals surface area contributed by atoms with Crippen molar-refractivity contribution < 1.29 is 9.53 Å². The molecule has 0 aliphatic heterocycles. The molecular weight excluding hydrogens is 450 g/mol. The van der Waals surface area contributed by atoms with Gasteiger partial charge in [0.2, 0.25) is 0 Å². The van der Waals surface area contributed by atoms with Crippen LogP contribution < -0.4 is 4.80 Å². The van der Waals surface area contributed by atoms with Crippen molar-refractivity contribution in [3.8, 4) is 0 Å². The van der Waals surface area contributed by atoms with Crippen molar-refractivity contribution in [3.63, 3.8) is 0 Å². The van der Waals surface area contributed by atoms with Gasteiger partial charge in [0, 0.05) is 23.2 Å². The van der Waals surface area contributed by atoms with Crippen LogP contribution in [0.4, 0.5) is 0 Å². The lowest BCUT2D eigenvalue weighted by Gasteiger charge is -2.07. The molecule has 1 aromatic heterocycles. The van der Waals surface area contributed by atoms with Crippen LogP contribution in [0.1, 0.15) is 17.3 Å². The maximum atomic E-state index is 12.7. The van der Waals surface area contributed by atoms with Gasteiger partial charge in [0.15, 0.2) is 4.80 Å². The third kappa shape index (κ3) is 4.67. The summed E-state index contributed by atoms with van der Waals surface area (Å²) in [6, 6.07) is 8.12. The van der Waals surface area contributed by atoms with Crippen LogP contribution in [0.2, 0.25) is 20.1 Å². The summed E-state index contributed by atoms with van der Waals surface area (Å²) >= 11 is 25.8. The first-order chi connectivity index (χ1) is 12.9. The molecule has 0 saturated carbocycles. The number of halogens is 4. The van der Waals surface area contributed by atoms with Gasteiger partial charge in [0.25, 0.3) is 5.91 Å². The van der Waals surface area contributed by atoms with Crippen LogP contribution in [-0.4, -0.2) is 23.7 Å². The summed E-state index contributed by atoms with van der Waals surface area (Å²) in [5, 5.41) is 1.71. The van der Waals surface area contributed by atoms with Gasteiger partial charge in [-0.05, 0) is 37.3 Å². The van der Waals surface area contributed by atoms with E-state index in [1.54, 1.807) is 24.3 Å². The van der Waals surface area contributed by atoms with Gasteiger partial charge in [-0.1, -0.05) is 57.7 Å². The summed E-state index contributed by atoms with van der Waals surface area (Å²) in [6.45, 7) is 3.47. The molecule has 9 heteroatoms. The highest BCUT2D eigenvalue weighted by molar-refractivity contribution is 7.16. The second-order valence-corrected chi connectivity index (χ2v) is 8.21. The van der Waals surface area contributed by atoms with E-state index in [4.69, 9.17) is 51.1 Å². The van der Waals surface area contributed by atoms with E-state index in [1.807, 2.05) is 11.5 Å². The number of rotatable bonds is 5. The first kappa shape index (κ1) is 20.6. The number of fused-ring (bicyclic) bond motifs is 1. The fourth-order valence-corrected chi connectivity index (χ4v) is 4.86. The number of thiazole rings is 1. The molecule has 2 aromatic carbocycles. The smallest absolute Gasteiger partial charge is 0.281 e. The topological polar surface area (TPSA) is 43.6 Å². The summed E-state index contributed by atoms with van der Waals surface area (Å²) < 4.78 is 8.14. The van der Waals surface area contributed by atoms with Crippen LogP contribution in [-0.2, 0) is 11.3 Å². The number of hydrogen-bond acceptors (Lipinski definition) is 3. The molecule has 1 heterocycles. The number of nitrogens with zero attached hydrogens (tertiary/aromatic N) is 2. The standard InChI is InChI=1S/C18H14Cl4N2O2S/c1-2-26-6-5-24-16-14(22)8-11(20)9-15(16)27-18(24)23-17(25)12-4-3-10(19)7-13(12)21/h3-4,7-9H,2,5-6H2,1H3. The molecule has 0 unspecified atom stereocenters. The van der Waals surface area contributed by atoms with Crippen molar-refractivity contribution in [1.29, 1.82) is 0 Å². The number of carbonyl (C=O) groups excluding carboxylic acids is 1. The predicted molar refractivity (Wildman–Crippen MR) is 113 cm³/mol. The van der Waals surface area contributed by atoms with Crippen LogP contribution in [0.15, 0.2) is 35.3 Å². The number of aromatic nitrogens is 1. The van der Waals surface area contributed by atoms with Crippen molar-refractivity contribution in [3.05, 3.63) is 60.8 Å². The SMILES string of the molecule is CCOCCn1c(=NC(=O)c2ccc(Cl)cc2Cl)sc2cc(Cl)cc(Cl)c21. The molecule has 0 atom stereocenters. The van der Waals surface area contributed by atoms with E-state index < -0.39 is 5.91 Å². The minimum absolute atomic E-state index is 0.249. The lowest BCUT2D eigenvalue weighted by molar-refractivity contribution is 0.0997. The fourth-order valence-electron chi connectivity index (χ4n) is 2.53. The van der Waals surface area contributed by atoms with Crippen molar-refractivity contribution in [2.75, 3.05) is 13.2 Å². The van der Waals surface area contributed by atoms with Gasteiger partial charge in [0.1, 0.15) is 0 Å². The molecule has 3 aromatic rings. The molecule has 0 aliphatic rings. The van der Waals surface area contributed by atoms with E-state index in [0.717, 1.165) is 10.2 Å². The highest BCUT2D eigenvalue weighted by atomic mass is 35.5. The van der Waals surface area contributed by atoms with Gasteiger partial charge >= 0.3 is 0 Å². The Balaban J connectivity index is 2.13. The van der Waals surface area contributed by atoms with Crippen molar-refractivity contribution in [2.24, 2.45) is 4.99 Å². The van der Waals surface area contributed by atoms with Crippen molar-refractivity contribution in [1.82, 2.24) is 4.57 Å². The van der Waals surface area contributed by atoms with E-state index in [0.29, 0.717) is 39.6 Å². The van der Waals surface area contributed by atoms with Gasteiger partial charge in [0.05, 0.1) is 32.4 Å². The molecule has 27 heavy (non-hydrogen) atoms. The van der Waals surface area contributed by atoms with Crippen molar-refractivity contribution >= 4 is 73.9 Å². The third-order valence-corrected chi connectivity index (χ3v) is 5.80. The van der Waals surface area contributed by atoms with E-state index in [2.05, 4.69) is 4.99 Å². The second kappa shape index (κ2) is 8.95. The lowest BCUT2D eigenvalue weighted by Crippen LogP contribution is -2.20. The maximum Gasteiger partial charge on any atom is 0.281 e.